The predicted molar refractivity (Wildman–Crippen MR) is 116 cm³/mol. The molecular formula is C22H18F4N4O3S. The Morgan fingerprint density at radius 3 is 2.38 bits per heavy atom. The molecule has 1 aromatic carbocycles. The number of hydrogen-bond acceptors (Lipinski definition) is 7. The molecule has 3 aromatic rings. The Hall–Kier alpha value is -3.54. The normalized spacial score (nSPS) is 14.5. The first kappa shape index (κ1) is 23.6. The zero-order valence-electron chi connectivity index (χ0n) is 17.8. The summed E-state index contributed by atoms with van der Waals surface area (Å²) in [7, 11) is -3.82. The number of benzene rings is 1. The molecule has 0 amide bonds. The third-order valence-corrected chi connectivity index (χ3v) is 6.86. The molecule has 0 fully saturated rings. The van der Waals surface area contributed by atoms with Crippen LogP contribution < -0.4 is 4.90 Å². The van der Waals surface area contributed by atoms with Gasteiger partial charge in [-0.15, -0.1) is 0 Å². The number of sulfone groups is 1. The van der Waals surface area contributed by atoms with E-state index in [1.165, 1.54) is 54.4 Å². The molecule has 0 aliphatic carbocycles. The van der Waals surface area contributed by atoms with Crippen LogP contribution in [0.1, 0.15) is 18.2 Å². The number of rotatable bonds is 5. The molecule has 34 heavy (non-hydrogen) atoms. The molecule has 0 bridgehead atoms. The van der Waals surface area contributed by atoms with Crippen LogP contribution in [0.4, 0.5) is 23.4 Å². The standard InChI is InChI=1S/C22H18F4N4O3S/c1-2-34(31,32)18-11-15(14-3-6-17(23)7-4-14)12-28-20(18)21-29-33-10-9-30(21)19-8-5-16(13-27-19)22(24,25)26/h3-8,11-13H,2,9-10H2,1H3. The van der Waals surface area contributed by atoms with Crippen LogP contribution in [0.15, 0.2) is 64.9 Å². The Morgan fingerprint density at radius 2 is 1.76 bits per heavy atom. The van der Waals surface area contributed by atoms with Crippen LogP contribution in [-0.2, 0) is 20.9 Å². The summed E-state index contributed by atoms with van der Waals surface area (Å²) >= 11 is 0. The lowest BCUT2D eigenvalue weighted by atomic mass is 10.1. The second kappa shape index (κ2) is 9.01. The van der Waals surface area contributed by atoms with Gasteiger partial charge >= 0.3 is 6.18 Å². The van der Waals surface area contributed by atoms with E-state index in [-0.39, 0.29) is 41.1 Å². The van der Waals surface area contributed by atoms with E-state index in [0.717, 1.165) is 6.07 Å². The van der Waals surface area contributed by atoms with Crippen molar-refractivity contribution >= 4 is 21.5 Å². The minimum atomic E-state index is -4.55. The number of hydrogen-bond donors (Lipinski definition) is 0. The van der Waals surface area contributed by atoms with Gasteiger partial charge in [-0.25, -0.2) is 17.8 Å². The number of alkyl halides is 3. The van der Waals surface area contributed by atoms with Crippen LogP contribution in [0.3, 0.4) is 0 Å². The van der Waals surface area contributed by atoms with Crippen molar-refractivity contribution in [3.63, 3.8) is 0 Å². The molecule has 0 unspecified atom stereocenters. The van der Waals surface area contributed by atoms with Crippen molar-refractivity contribution in [3.05, 3.63) is 71.9 Å². The molecule has 1 aliphatic rings. The summed E-state index contributed by atoms with van der Waals surface area (Å²) < 4.78 is 78.0. The Labute approximate surface area is 192 Å². The zero-order valence-corrected chi connectivity index (χ0v) is 18.6. The zero-order chi connectivity index (χ0) is 24.5. The smallest absolute Gasteiger partial charge is 0.392 e. The molecule has 3 heterocycles. The lowest BCUT2D eigenvalue weighted by molar-refractivity contribution is -0.137. The first-order valence-corrected chi connectivity index (χ1v) is 11.8. The van der Waals surface area contributed by atoms with Crippen LogP contribution in [0.25, 0.3) is 11.1 Å². The number of aromatic nitrogens is 2. The highest BCUT2D eigenvalue weighted by molar-refractivity contribution is 7.91. The van der Waals surface area contributed by atoms with E-state index < -0.39 is 27.4 Å². The van der Waals surface area contributed by atoms with Crippen molar-refractivity contribution in [1.82, 2.24) is 9.97 Å². The Morgan fingerprint density at radius 1 is 1.03 bits per heavy atom. The summed E-state index contributed by atoms with van der Waals surface area (Å²) in [5, 5.41) is 3.95. The maximum atomic E-state index is 13.3. The van der Waals surface area contributed by atoms with Crippen LogP contribution in [0.2, 0.25) is 0 Å². The summed E-state index contributed by atoms with van der Waals surface area (Å²) in [6.07, 6.45) is -2.45. The van der Waals surface area contributed by atoms with Crippen LogP contribution in [0, 0.1) is 5.82 Å². The lowest BCUT2D eigenvalue weighted by Gasteiger charge is -2.28. The van der Waals surface area contributed by atoms with Gasteiger partial charge in [-0.2, -0.15) is 13.2 Å². The summed E-state index contributed by atoms with van der Waals surface area (Å²) in [5.74, 6) is -0.556. The molecule has 0 saturated heterocycles. The van der Waals surface area contributed by atoms with Gasteiger partial charge < -0.3 is 9.74 Å². The highest BCUT2D eigenvalue weighted by Crippen LogP contribution is 2.31. The van der Waals surface area contributed by atoms with Crippen molar-refractivity contribution in [1.29, 1.82) is 0 Å². The number of anilines is 1. The van der Waals surface area contributed by atoms with Gasteiger partial charge in [-0.1, -0.05) is 24.2 Å². The molecule has 4 rings (SSSR count). The predicted octanol–water partition coefficient (Wildman–Crippen LogP) is 4.29. The molecule has 2 aromatic heterocycles. The number of nitrogens with zero attached hydrogens (tertiary/aromatic N) is 4. The van der Waals surface area contributed by atoms with Gasteiger partial charge in [0.15, 0.2) is 9.84 Å². The van der Waals surface area contributed by atoms with Gasteiger partial charge in [0, 0.05) is 18.0 Å². The van der Waals surface area contributed by atoms with E-state index in [0.29, 0.717) is 17.3 Å². The molecule has 0 atom stereocenters. The molecule has 0 spiro atoms. The third-order valence-electron chi connectivity index (χ3n) is 5.12. The van der Waals surface area contributed by atoms with Crippen molar-refractivity contribution < 1.29 is 30.8 Å². The molecule has 7 nitrogen and oxygen atoms in total. The van der Waals surface area contributed by atoms with E-state index in [4.69, 9.17) is 4.84 Å². The topological polar surface area (TPSA) is 84.8 Å². The molecular weight excluding hydrogens is 476 g/mol. The fraction of sp³-hybridized carbons (Fsp3) is 0.227. The fourth-order valence-electron chi connectivity index (χ4n) is 3.31. The average molecular weight is 494 g/mol. The van der Waals surface area contributed by atoms with E-state index in [1.54, 1.807) is 0 Å². The molecule has 12 heteroatoms. The minimum absolute atomic E-state index is 0.00353. The fourth-order valence-corrected chi connectivity index (χ4v) is 4.36. The Balaban J connectivity index is 1.81. The second-order valence-electron chi connectivity index (χ2n) is 7.28. The Kier molecular flexibility index (Phi) is 6.26. The molecule has 1 aliphatic heterocycles. The van der Waals surface area contributed by atoms with Crippen LogP contribution >= 0.6 is 0 Å². The van der Waals surface area contributed by atoms with Crippen LogP contribution in [0.5, 0.6) is 0 Å². The lowest BCUT2D eigenvalue weighted by Crippen LogP contribution is -2.40. The van der Waals surface area contributed by atoms with Crippen molar-refractivity contribution in [2.24, 2.45) is 5.16 Å². The summed E-state index contributed by atoms with van der Waals surface area (Å²) in [4.78, 5) is 14.7. The summed E-state index contributed by atoms with van der Waals surface area (Å²) in [5.41, 5.74) is 0.0385. The van der Waals surface area contributed by atoms with E-state index in [1.807, 2.05) is 0 Å². The van der Waals surface area contributed by atoms with Gasteiger partial charge in [0.1, 0.15) is 23.9 Å². The number of oxime groups is 1. The molecule has 0 N–H and O–H groups in total. The maximum Gasteiger partial charge on any atom is 0.417 e. The van der Waals surface area contributed by atoms with Crippen molar-refractivity contribution in [3.8, 4) is 11.1 Å². The molecule has 0 radical (unpaired) electrons. The van der Waals surface area contributed by atoms with E-state index in [9.17, 15) is 26.0 Å². The molecule has 0 saturated carbocycles. The quantitative estimate of drug-likeness (QED) is 0.492. The minimum Gasteiger partial charge on any atom is -0.392 e. The van der Waals surface area contributed by atoms with E-state index >= 15 is 0 Å². The van der Waals surface area contributed by atoms with Gasteiger partial charge in [-0.3, -0.25) is 4.98 Å². The highest BCUT2D eigenvalue weighted by Gasteiger charge is 2.33. The first-order chi connectivity index (χ1) is 16.1. The SMILES string of the molecule is CCS(=O)(=O)c1cc(-c2ccc(F)cc2)cnc1C1=NOCCN1c1ccc(C(F)(F)F)cn1. The van der Waals surface area contributed by atoms with Crippen LogP contribution in [-0.4, -0.2) is 43.1 Å². The average Bonchev–Trinajstić information content (AvgIpc) is 2.84. The summed E-state index contributed by atoms with van der Waals surface area (Å²) in [6, 6.07) is 8.93. The Bertz CT molecular complexity index is 1330. The van der Waals surface area contributed by atoms with E-state index in [2.05, 4.69) is 15.1 Å². The highest BCUT2D eigenvalue weighted by atomic mass is 32.2. The van der Waals surface area contributed by atoms with Crippen molar-refractivity contribution in [2.45, 2.75) is 18.0 Å². The molecule has 178 valence electrons. The van der Waals surface area contributed by atoms with Gasteiger partial charge in [0.05, 0.1) is 22.8 Å². The first-order valence-electron chi connectivity index (χ1n) is 10.1. The largest absolute Gasteiger partial charge is 0.417 e. The van der Waals surface area contributed by atoms with Gasteiger partial charge in [0.25, 0.3) is 0 Å². The summed E-state index contributed by atoms with van der Waals surface area (Å²) in [6.45, 7) is 1.73. The van der Waals surface area contributed by atoms with Gasteiger partial charge in [0.2, 0.25) is 5.84 Å². The number of pyridine rings is 2. The third kappa shape index (κ3) is 4.72. The van der Waals surface area contributed by atoms with Crippen molar-refractivity contribution in [2.75, 3.05) is 23.8 Å². The second-order valence-corrected chi connectivity index (χ2v) is 9.53. The number of amidine groups is 1. The number of halogens is 4. The maximum absolute atomic E-state index is 13.3. The monoisotopic (exact) mass is 494 g/mol. The van der Waals surface area contributed by atoms with Gasteiger partial charge in [-0.05, 0) is 35.9 Å².